The van der Waals surface area contributed by atoms with Crippen LogP contribution in [0.3, 0.4) is 0 Å². The summed E-state index contributed by atoms with van der Waals surface area (Å²) < 4.78 is 47.1. The predicted octanol–water partition coefficient (Wildman–Crippen LogP) is 3.61. The Kier molecular flexibility index (Phi) is 4.57. The molecule has 0 aliphatic carbocycles. The topological polar surface area (TPSA) is 30.5 Å². The number of benzene rings is 1. The molecule has 1 heterocycles. The van der Waals surface area contributed by atoms with Crippen molar-refractivity contribution in [2.75, 3.05) is 13.3 Å². The SMILES string of the molecule is FC(F)(F)CCCNCc1cc(Br)c2c(c1)OCO2. The van der Waals surface area contributed by atoms with Crippen LogP contribution in [-0.4, -0.2) is 19.5 Å². The molecule has 0 spiro atoms. The Hall–Kier alpha value is -0.950. The maximum atomic E-state index is 11.9. The van der Waals surface area contributed by atoms with Gasteiger partial charge in [-0.05, 0) is 46.6 Å². The minimum Gasteiger partial charge on any atom is -0.454 e. The Morgan fingerprint density at radius 3 is 2.79 bits per heavy atom. The minimum atomic E-state index is -4.08. The van der Waals surface area contributed by atoms with Crippen molar-refractivity contribution in [3.63, 3.8) is 0 Å². The molecule has 0 saturated heterocycles. The van der Waals surface area contributed by atoms with Gasteiger partial charge < -0.3 is 14.8 Å². The predicted molar refractivity (Wildman–Crippen MR) is 67.3 cm³/mol. The fourth-order valence-electron chi connectivity index (χ4n) is 1.77. The van der Waals surface area contributed by atoms with Gasteiger partial charge in [0.1, 0.15) is 0 Å². The van der Waals surface area contributed by atoms with E-state index in [-0.39, 0.29) is 13.2 Å². The molecule has 0 aromatic heterocycles. The van der Waals surface area contributed by atoms with E-state index < -0.39 is 12.6 Å². The molecule has 7 heteroatoms. The van der Waals surface area contributed by atoms with Crippen molar-refractivity contribution in [3.05, 3.63) is 22.2 Å². The highest BCUT2D eigenvalue weighted by Gasteiger charge is 2.25. The van der Waals surface area contributed by atoms with Crippen molar-refractivity contribution in [2.45, 2.75) is 25.6 Å². The molecule has 1 aromatic carbocycles. The van der Waals surface area contributed by atoms with Crippen molar-refractivity contribution in [3.8, 4) is 11.5 Å². The zero-order chi connectivity index (χ0) is 13.9. The molecule has 1 aliphatic rings. The second-order valence-electron chi connectivity index (χ2n) is 4.21. The van der Waals surface area contributed by atoms with Crippen molar-refractivity contribution < 1.29 is 22.6 Å². The number of alkyl halides is 3. The highest BCUT2D eigenvalue weighted by atomic mass is 79.9. The van der Waals surface area contributed by atoms with Crippen LogP contribution in [0.25, 0.3) is 0 Å². The molecule has 0 fully saturated rings. The first-order chi connectivity index (χ1) is 8.96. The van der Waals surface area contributed by atoms with E-state index in [4.69, 9.17) is 9.47 Å². The average molecular weight is 340 g/mol. The second kappa shape index (κ2) is 6.00. The van der Waals surface area contributed by atoms with E-state index in [1.54, 1.807) is 0 Å². The quantitative estimate of drug-likeness (QED) is 0.831. The number of rotatable bonds is 5. The van der Waals surface area contributed by atoms with Gasteiger partial charge in [-0.15, -0.1) is 0 Å². The van der Waals surface area contributed by atoms with Crippen molar-refractivity contribution in [1.29, 1.82) is 0 Å². The maximum Gasteiger partial charge on any atom is 0.389 e. The van der Waals surface area contributed by atoms with E-state index in [0.29, 0.717) is 24.6 Å². The van der Waals surface area contributed by atoms with Crippen LogP contribution in [0.5, 0.6) is 11.5 Å². The molecule has 0 bridgehead atoms. The zero-order valence-corrected chi connectivity index (χ0v) is 11.6. The number of nitrogens with one attached hydrogen (secondary N) is 1. The number of halogens is 4. The smallest absolute Gasteiger partial charge is 0.389 e. The summed E-state index contributed by atoms with van der Waals surface area (Å²) in [7, 11) is 0. The molecule has 1 N–H and O–H groups in total. The van der Waals surface area contributed by atoms with E-state index in [9.17, 15) is 13.2 Å². The van der Waals surface area contributed by atoms with E-state index in [2.05, 4.69) is 21.2 Å². The molecule has 2 rings (SSSR count). The van der Waals surface area contributed by atoms with Crippen LogP contribution < -0.4 is 14.8 Å². The molecule has 19 heavy (non-hydrogen) atoms. The van der Waals surface area contributed by atoms with Gasteiger partial charge in [0.2, 0.25) is 6.79 Å². The minimum absolute atomic E-state index is 0.0786. The molecule has 0 atom stereocenters. The normalized spacial score (nSPS) is 13.9. The van der Waals surface area contributed by atoms with Crippen LogP contribution in [0.15, 0.2) is 16.6 Å². The lowest BCUT2D eigenvalue weighted by Gasteiger charge is -2.08. The monoisotopic (exact) mass is 339 g/mol. The van der Waals surface area contributed by atoms with Crippen LogP contribution in [0, 0.1) is 0 Å². The van der Waals surface area contributed by atoms with Crippen LogP contribution in [0.1, 0.15) is 18.4 Å². The third kappa shape index (κ3) is 4.28. The van der Waals surface area contributed by atoms with E-state index in [1.165, 1.54) is 0 Å². The van der Waals surface area contributed by atoms with Crippen LogP contribution in [0.4, 0.5) is 13.2 Å². The fraction of sp³-hybridized carbons (Fsp3) is 0.500. The molecule has 1 aliphatic heterocycles. The Morgan fingerprint density at radius 1 is 1.26 bits per heavy atom. The van der Waals surface area contributed by atoms with Gasteiger partial charge >= 0.3 is 6.18 Å². The van der Waals surface area contributed by atoms with Gasteiger partial charge in [-0.3, -0.25) is 0 Å². The van der Waals surface area contributed by atoms with Crippen molar-refractivity contribution >= 4 is 15.9 Å². The second-order valence-corrected chi connectivity index (χ2v) is 5.06. The summed E-state index contributed by atoms with van der Waals surface area (Å²) in [5, 5.41) is 2.98. The van der Waals surface area contributed by atoms with Gasteiger partial charge in [0, 0.05) is 13.0 Å². The molecule has 1 aromatic rings. The number of hydrogen-bond acceptors (Lipinski definition) is 3. The molecule has 0 amide bonds. The molecule has 0 radical (unpaired) electrons. The summed E-state index contributed by atoms with van der Waals surface area (Å²) in [6, 6.07) is 3.69. The van der Waals surface area contributed by atoms with E-state index in [0.717, 1.165) is 10.0 Å². The summed E-state index contributed by atoms with van der Waals surface area (Å²) in [5.41, 5.74) is 0.933. The highest BCUT2D eigenvalue weighted by Crippen LogP contribution is 2.39. The lowest BCUT2D eigenvalue weighted by Crippen LogP contribution is -2.17. The third-order valence-corrected chi connectivity index (χ3v) is 3.22. The van der Waals surface area contributed by atoms with Crippen LogP contribution in [0.2, 0.25) is 0 Å². The fourth-order valence-corrected chi connectivity index (χ4v) is 2.37. The Morgan fingerprint density at radius 2 is 2.05 bits per heavy atom. The number of ether oxygens (including phenoxy) is 2. The first-order valence-electron chi connectivity index (χ1n) is 5.81. The first-order valence-corrected chi connectivity index (χ1v) is 6.60. The maximum absolute atomic E-state index is 11.9. The van der Waals surface area contributed by atoms with Gasteiger partial charge in [0.25, 0.3) is 0 Å². The number of hydrogen-bond donors (Lipinski definition) is 1. The van der Waals surface area contributed by atoms with E-state index in [1.807, 2.05) is 12.1 Å². The highest BCUT2D eigenvalue weighted by molar-refractivity contribution is 9.10. The average Bonchev–Trinajstić information content (AvgIpc) is 2.75. The zero-order valence-electron chi connectivity index (χ0n) is 10.0. The van der Waals surface area contributed by atoms with Gasteiger partial charge in [0.15, 0.2) is 11.5 Å². The lowest BCUT2D eigenvalue weighted by atomic mass is 10.2. The van der Waals surface area contributed by atoms with E-state index >= 15 is 0 Å². The van der Waals surface area contributed by atoms with Gasteiger partial charge in [0.05, 0.1) is 4.47 Å². The standard InChI is InChI=1S/C12H13BrF3NO2/c13-9-4-8(5-10-11(9)19-7-18-10)6-17-3-1-2-12(14,15)16/h4-5,17H,1-3,6-7H2. The summed E-state index contributed by atoms with van der Waals surface area (Å²) >= 11 is 3.37. The van der Waals surface area contributed by atoms with Gasteiger partial charge in [-0.1, -0.05) is 0 Å². The van der Waals surface area contributed by atoms with Crippen LogP contribution >= 0.6 is 15.9 Å². The molecule has 0 saturated carbocycles. The summed E-state index contributed by atoms with van der Waals surface area (Å²) in [4.78, 5) is 0. The third-order valence-electron chi connectivity index (χ3n) is 2.63. The molecule has 0 unspecified atom stereocenters. The Bertz CT molecular complexity index is 451. The summed E-state index contributed by atoms with van der Waals surface area (Å²) in [6.45, 7) is 1.01. The Balaban J connectivity index is 1.79. The molecular weight excluding hydrogens is 327 g/mol. The summed E-state index contributed by atoms with van der Waals surface area (Å²) in [6.07, 6.45) is -4.76. The van der Waals surface area contributed by atoms with Gasteiger partial charge in [-0.25, -0.2) is 0 Å². The van der Waals surface area contributed by atoms with Crippen LogP contribution in [-0.2, 0) is 6.54 Å². The van der Waals surface area contributed by atoms with Crippen molar-refractivity contribution in [1.82, 2.24) is 5.32 Å². The number of fused-ring (bicyclic) bond motifs is 1. The Labute approximate surface area is 117 Å². The molecule has 106 valence electrons. The largest absolute Gasteiger partial charge is 0.454 e. The molecular formula is C12H13BrF3NO2. The lowest BCUT2D eigenvalue weighted by molar-refractivity contribution is -0.135. The summed E-state index contributed by atoms with van der Waals surface area (Å²) in [5.74, 6) is 1.32. The van der Waals surface area contributed by atoms with Gasteiger partial charge in [-0.2, -0.15) is 13.2 Å². The molecule has 3 nitrogen and oxygen atoms in total. The van der Waals surface area contributed by atoms with Crippen molar-refractivity contribution in [2.24, 2.45) is 0 Å². The first kappa shape index (κ1) is 14.5.